The number of fused-ring (bicyclic) bond motifs is 11. The number of anilines is 6. The number of rotatable bonds is 8. The first-order chi connectivity index (χ1) is 36.8. The molecule has 14 rings (SSSR count). The van der Waals surface area contributed by atoms with Gasteiger partial charge in [0.2, 0.25) is 0 Å². The Morgan fingerprint density at radius 1 is 0.333 bits per heavy atom. The first-order valence-corrected chi connectivity index (χ1v) is 28.1. The molecule has 0 saturated heterocycles. The predicted molar refractivity (Wildman–Crippen MR) is 318 cm³/mol. The summed E-state index contributed by atoms with van der Waals surface area (Å²) in [5.74, 6) is 0. The van der Waals surface area contributed by atoms with Crippen molar-refractivity contribution in [2.75, 3.05) is 9.80 Å². The molecule has 2 spiro atoms. The Hall–Kier alpha value is -7.68. The summed E-state index contributed by atoms with van der Waals surface area (Å²) in [7, 11) is 0. The predicted octanol–water partition coefficient (Wildman–Crippen LogP) is 20.6. The van der Waals surface area contributed by atoms with Crippen LogP contribution in [0.2, 0.25) is 0 Å². The number of nitrogens with zero attached hydrogens (tertiary/aromatic N) is 2. The van der Waals surface area contributed by atoms with Crippen LogP contribution in [0, 0.1) is 20.8 Å². The number of hydrogen-bond acceptors (Lipinski definition) is 2. The topological polar surface area (TPSA) is 6.48 Å². The summed E-state index contributed by atoms with van der Waals surface area (Å²) in [5.41, 5.74) is 27.6. The fourth-order valence-electron chi connectivity index (χ4n) is 14.9. The van der Waals surface area contributed by atoms with Crippen molar-refractivity contribution in [3.63, 3.8) is 0 Å². The summed E-state index contributed by atoms with van der Waals surface area (Å²) >= 11 is 0. The number of hydrogen-bond donors (Lipinski definition) is 0. The lowest BCUT2D eigenvalue weighted by Gasteiger charge is -2.36. The molecule has 9 aromatic carbocycles. The van der Waals surface area contributed by atoms with E-state index < -0.39 is 0 Å². The highest BCUT2D eigenvalue weighted by Gasteiger charge is 2.45. The van der Waals surface area contributed by atoms with Gasteiger partial charge in [0.05, 0.1) is 0 Å². The highest BCUT2D eigenvalue weighted by atomic mass is 15.1. The van der Waals surface area contributed by atoms with Crippen molar-refractivity contribution >= 4 is 50.5 Å². The van der Waals surface area contributed by atoms with E-state index in [1.54, 1.807) is 0 Å². The molecule has 2 saturated carbocycles. The Morgan fingerprint density at radius 3 is 1.39 bits per heavy atom. The minimum absolute atomic E-state index is 0.0961. The lowest BCUT2D eigenvalue weighted by atomic mass is 9.68. The van der Waals surface area contributed by atoms with Crippen LogP contribution in [-0.4, -0.2) is 0 Å². The first-order valence-electron chi connectivity index (χ1n) is 28.1. The molecule has 0 amide bonds. The standard InChI is InChI=1S/C73H66N2/c1-49-21-20-26-54(40-49)74(55-31-33-70-66(43-55)60-27-12-14-29-68(60)72(70)35-16-6-17-36-72)58-45-62(52-22-8-4-9-23-52)65-48-59(46-63(64(65)47-58)53-24-10-5-11-25-53)75(57-41-50(2)39-51(3)42-57)56-32-34-71-67(44-56)61-28-13-15-30-69(61)73(71)37-18-7-19-38-73/h5,8,10-15,20-34,39-48H,4,6-7,9,16-19,35-38H2,1-3H3. The molecule has 0 heterocycles. The van der Waals surface area contributed by atoms with Crippen LogP contribution < -0.4 is 9.80 Å². The van der Waals surface area contributed by atoms with Gasteiger partial charge in [0.15, 0.2) is 0 Å². The molecule has 0 N–H and O–H groups in total. The van der Waals surface area contributed by atoms with Crippen LogP contribution in [0.1, 0.15) is 122 Å². The average Bonchev–Trinajstić information content (AvgIpc) is 3.97. The van der Waals surface area contributed by atoms with E-state index in [2.05, 4.69) is 231 Å². The van der Waals surface area contributed by atoms with Crippen molar-refractivity contribution in [3.05, 3.63) is 245 Å². The van der Waals surface area contributed by atoms with Crippen LogP contribution in [0.15, 0.2) is 200 Å². The number of benzene rings is 9. The van der Waals surface area contributed by atoms with Gasteiger partial charge in [-0.15, -0.1) is 0 Å². The molecule has 2 fully saturated rings. The van der Waals surface area contributed by atoms with Gasteiger partial charge in [-0.1, -0.05) is 166 Å². The lowest BCUT2D eigenvalue weighted by molar-refractivity contribution is 0.353. The number of allylic oxidation sites excluding steroid dienone is 4. The zero-order valence-electron chi connectivity index (χ0n) is 43.9. The second kappa shape index (κ2) is 18.3. The molecule has 9 aromatic rings. The fraction of sp³-hybridized carbons (Fsp3) is 0.233. The Bertz CT molecular complexity index is 3760. The van der Waals surface area contributed by atoms with E-state index in [1.165, 1.54) is 181 Å². The van der Waals surface area contributed by atoms with Crippen LogP contribution in [0.3, 0.4) is 0 Å². The molecule has 2 heteroatoms. The molecular weight excluding hydrogens is 905 g/mol. The normalized spacial score (nSPS) is 16.6. The summed E-state index contributed by atoms with van der Waals surface area (Å²) in [6.45, 7) is 6.71. The average molecular weight is 971 g/mol. The molecule has 2 nitrogen and oxygen atoms in total. The fourth-order valence-corrected chi connectivity index (χ4v) is 14.9. The highest BCUT2D eigenvalue weighted by Crippen LogP contribution is 2.59. The maximum Gasteiger partial charge on any atom is 0.0474 e. The van der Waals surface area contributed by atoms with Gasteiger partial charge in [-0.3, -0.25) is 0 Å². The summed E-state index contributed by atoms with van der Waals surface area (Å²) in [6, 6.07) is 70.9. The van der Waals surface area contributed by atoms with Crippen molar-refractivity contribution in [3.8, 4) is 33.4 Å². The van der Waals surface area contributed by atoms with Crippen LogP contribution in [0.25, 0.3) is 49.7 Å². The molecule has 0 atom stereocenters. The quantitative estimate of drug-likeness (QED) is 0.150. The SMILES string of the molecule is Cc1cccc(N(c2ccc3c(c2)-c2ccccc2C32CCCCC2)c2cc(C3=CCCC=C3)c3cc(N(c4cc(C)cc(C)c4)c4ccc5c(c4)-c4ccccc4C54CCCCC4)cc(-c4ccccc4)c3c2)c1. The van der Waals surface area contributed by atoms with E-state index in [0.717, 1.165) is 24.2 Å². The molecule has 0 aromatic heterocycles. The van der Waals surface area contributed by atoms with Crippen molar-refractivity contribution in [1.29, 1.82) is 0 Å². The molecule has 0 bridgehead atoms. The third-order valence-electron chi connectivity index (χ3n) is 18.1. The largest absolute Gasteiger partial charge is 0.310 e. The minimum atomic E-state index is 0.0961. The van der Waals surface area contributed by atoms with Crippen LogP contribution in [-0.2, 0) is 10.8 Å². The lowest BCUT2D eigenvalue weighted by Crippen LogP contribution is -2.28. The summed E-state index contributed by atoms with van der Waals surface area (Å²) in [5, 5.41) is 2.49. The Morgan fingerprint density at radius 2 is 0.813 bits per heavy atom. The van der Waals surface area contributed by atoms with Crippen LogP contribution in [0.4, 0.5) is 34.1 Å². The van der Waals surface area contributed by atoms with E-state index >= 15 is 0 Å². The molecular formula is C73H66N2. The third-order valence-corrected chi connectivity index (χ3v) is 18.1. The summed E-state index contributed by atoms with van der Waals surface area (Å²) in [4.78, 5) is 5.10. The zero-order chi connectivity index (χ0) is 50.3. The van der Waals surface area contributed by atoms with Crippen molar-refractivity contribution in [2.24, 2.45) is 0 Å². The summed E-state index contributed by atoms with van der Waals surface area (Å²) in [6.07, 6.45) is 22.0. The minimum Gasteiger partial charge on any atom is -0.310 e. The van der Waals surface area contributed by atoms with Gasteiger partial charge in [-0.2, -0.15) is 0 Å². The second-order valence-corrected chi connectivity index (χ2v) is 22.8. The molecule has 0 unspecified atom stereocenters. The van der Waals surface area contributed by atoms with Gasteiger partial charge in [0.1, 0.15) is 0 Å². The van der Waals surface area contributed by atoms with E-state index in [4.69, 9.17) is 0 Å². The molecule has 5 aliphatic carbocycles. The summed E-state index contributed by atoms with van der Waals surface area (Å²) < 4.78 is 0. The van der Waals surface area contributed by atoms with Gasteiger partial charge >= 0.3 is 0 Å². The zero-order valence-corrected chi connectivity index (χ0v) is 43.9. The monoisotopic (exact) mass is 971 g/mol. The van der Waals surface area contributed by atoms with Gasteiger partial charge in [0, 0.05) is 45.0 Å². The molecule has 368 valence electrons. The maximum absolute atomic E-state index is 2.56. The van der Waals surface area contributed by atoms with E-state index in [9.17, 15) is 0 Å². The van der Waals surface area contributed by atoms with E-state index in [0.29, 0.717) is 0 Å². The third kappa shape index (κ3) is 7.57. The molecule has 5 aliphatic rings. The Balaban J connectivity index is 1.02. The van der Waals surface area contributed by atoms with Gasteiger partial charge in [0.25, 0.3) is 0 Å². The van der Waals surface area contributed by atoms with Gasteiger partial charge in [-0.05, 0) is 226 Å². The van der Waals surface area contributed by atoms with Crippen LogP contribution >= 0.6 is 0 Å². The van der Waals surface area contributed by atoms with Crippen molar-refractivity contribution in [1.82, 2.24) is 0 Å². The van der Waals surface area contributed by atoms with Gasteiger partial charge < -0.3 is 9.80 Å². The Kier molecular flexibility index (Phi) is 11.2. The van der Waals surface area contributed by atoms with Gasteiger partial charge in [-0.25, -0.2) is 0 Å². The van der Waals surface area contributed by atoms with Crippen molar-refractivity contribution in [2.45, 2.75) is 109 Å². The second-order valence-electron chi connectivity index (χ2n) is 22.8. The van der Waals surface area contributed by atoms with Crippen molar-refractivity contribution < 1.29 is 0 Å². The van der Waals surface area contributed by atoms with Crippen LogP contribution in [0.5, 0.6) is 0 Å². The van der Waals surface area contributed by atoms with E-state index in [1.807, 2.05) is 0 Å². The molecule has 0 aliphatic heterocycles. The smallest absolute Gasteiger partial charge is 0.0474 e. The van der Waals surface area contributed by atoms with E-state index in [-0.39, 0.29) is 10.8 Å². The maximum atomic E-state index is 2.56. The molecule has 75 heavy (non-hydrogen) atoms. The number of aryl methyl sites for hydroxylation is 3. The molecule has 0 radical (unpaired) electrons. The highest BCUT2D eigenvalue weighted by molar-refractivity contribution is 6.09. The Labute approximate surface area is 444 Å². The first kappa shape index (κ1) is 45.9.